The average Bonchev–Trinajstić information content (AvgIpc) is 2.62. The lowest BCUT2D eigenvalue weighted by Crippen LogP contribution is -2.49. The number of amides is 1. The Hall–Kier alpha value is -1.66. The number of likely N-dealkylation sites (tertiary alicyclic amines) is 2. The lowest BCUT2D eigenvalue weighted by atomic mass is 9.98. The van der Waals surface area contributed by atoms with E-state index < -0.39 is 5.82 Å². The van der Waals surface area contributed by atoms with E-state index in [0.717, 1.165) is 38.8 Å². The lowest BCUT2D eigenvalue weighted by molar-refractivity contribution is 0.0357. The maximum absolute atomic E-state index is 13.5. The van der Waals surface area contributed by atoms with Crippen LogP contribution in [-0.4, -0.2) is 66.2 Å². The molecule has 6 heteroatoms. The van der Waals surface area contributed by atoms with Gasteiger partial charge in [-0.05, 0) is 43.9 Å². The molecule has 0 unspecified atom stereocenters. The van der Waals surface area contributed by atoms with Crippen LogP contribution in [0.15, 0.2) is 18.2 Å². The van der Waals surface area contributed by atoms with Crippen LogP contribution in [0.4, 0.5) is 4.39 Å². The van der Waals surface area contributed by atoms with Gasteiger partial charge in [0.25, 0.3) is 5.91 Å². The van der Waals surface area contributed by atoms with Gasteiger partial charge in [-0.2, -0.15) is 0 Å². The smallest absolute Gasteiger partial charge is 0.253 e. The summed E-state index contributed by atoms with van der Waals surface area (Å²) in [6, 6.07) is 4.75. The van der Waals surface area contributed by atoms with Crippen molar-refractivity contribution >= 4 is 5.91 Å². The third kappa shape index (κ3) is 3.70. The van der Waals surface area contributed by atoms with E-state index in [1.807, 2.05) is 4.90 Å². The van der Waals surface area contributed by atoms with Gasteiger partial charge < -0.3 is 19.6 Å². The maximum Gasteiger partial charge on any atom is 0.253 e. The van der Waals surface area contributed by atoms with Crippen LogP contribution < -0.4 is 4.74 Å². The number of hydrogen-bond acceptors (Lipinski definition) is 4. The molecular weight excluding hydrogens is 311 g/mol. The van der Waals surface area contributed by atoms with Crippen molar-refractivity contribution in [1.29, 1.82) is 0 Å². The van der Waals surface area contributed by atoms with Gasteiger partial charge in [0.15, 0.2) is 11.6 Å². The van der Waals surface area contributed by atoms with Crippen LogP contribution >= 0.6 is 0 Å². The minimum absolute atomic E-state index is 0.0687. The molecule has 2 heterocycles. The minimum atomic E-state index is -0.458. The van der Waals surface area contributed by atoms with Crippen molar-refractivity contribution in [3.05, 3.63) is 29.6 Å². The highest BCUT2D eigenvalue weighted by Gasteiger charge is 2.29. The molecule has 0 saturated carbocycles. The number of methoxy groups -OCH3 is 1. The molecule has 3 rings (SSSR count). The van der Waals surface area contributed by atoms with E-state index in [1.54, 1.807) is 0 Å². The number of ether oxygens (including phenoxy) is 1. The molecule has 0 aromatic heterocycles. The van der Waals surface area contributed by atoms with Crippen molar-refractivity contribution in [3.63, 3.8) is 0 Å². The number of carbonyl (C=O) groups is 1. The molecule has 24 heavy (non-hydrogen) atoms. The normalized spacial score (nSPS) is 21.0. The Bertz CT molecular complexity index is 580. The van der Waals surface area contributed by atoms with Crippen molar-refractivity contribution in [2.75, 3.05) is 33.3 Å². The number of nitrogens with zero attached hydrogens (tertiary/aromatic N) is 2. The molecule has 2 fully saturated rings. The molecule has 1 N–H and O–H groups in total. The predicted octanol–water partition coefficient (Wildman–Crippen LogP) is 1.90. The Morgan fingerprint density at radius 1 is 1.17 bits per heavy atom. The Kier molecular flexibility index (Phi) is 5.36. The molecule has 2 saturated heterocycles. The van der Waals surface area contributed by atoms with Crippen molar-refractivity contribution in [2.45, 2.75) is 37.8 Å². The zero-order valence-corrected chi connectivity index (χ0v) is 14.1. The van der Waals surface area contributed by atoms with E-state index in [2.05, 4.69) is 4.90 Å². The quantitative estimate of drug-likeness (QED) is 0.916. The van der Waals surface area contributed by atoms with E-state index in [1.165, 1.54) is 25.3 Å². The SMILES string of the molecule is COc1cc(C(=O)N2CCC(N3CCC(O)CC3)CC2)ccc1F. The number of piperidine rings is 2. The molecule has 0 bridgehead atoms. The summed E-state index contributed by atoms with van der Waals surface area (Å²) in [5.41, 5.74) is 0.466. The zero-order valence-electron chi connectivity index (χ0n) is 14.1. The van der Waals surface area contributed by atoms with E-state index in [9.17, 15) is 14.3 Å². The molecule has 5 nitrogen and oxygen atoms in total. The zero-order chi connectivity index (χ0) is 17.1. The van der Waals surface area contributed by atoms with Gasteiger partial charge >= 0.3 is 0 Å². The number of benzene rings is 1. The van der Waals surface area contributed by atoms with Gasteiger partial charge in [-0.25, -0.2) is 4.39 Å². The summed E-state index contributed by atoms with van der Waals surface area (Å²) < 4.78 is 18.4. The number of aliphatic hydroxyl groups excluding tert-OH is 1. The first-order valence-electron chi connectivity index (χ1n) is 8.63. The van der Waals surface area contributed by atoms with Crippen LogP contribution in [0.2, 0.25) is 0 Å². The molecule has 1 aromatic rings. The predicted molar refractivity (Wildman–Crippen MR) is 88.7 cm³/mol. The molecule has 1 amide bonds. The van der Waals surface area contributed by atoms with E-state index in [4.69, 9.17) is 4.74 Å². The fourth-order valence-corrected chi connectivity index (χ4v) is 3.66. The fourth-order valence-electron chi connectivity index (χ4n) is 3.66. The summed E-state index contributed by atoms with van der Waals surface area (Å²) in [5, 5.41) is 9.61. The van der Waals surface area contributed by atoms with E-state index in [-0.39, 0.29) is 17.8 Å². The molecule has 0 radical (unpaired) electrons. The Morgan fingerprint density at radius 2 is 1.83 bits per heavy atom. The highest BCUT2D eigenvalue weighted by Crippen LogP contribution is 2.24. The van der Waals surface area contributed by atoms with Crippen molar-refractivity contribution in [3.8, 4) is 5.75 Å². The van der Waals surface area contributed by atoms with Crippen molar-refractivity contribution < 1.29 is 19.0 Å². The fraction of sp³-hybridized carbons (Fsp3) is 0.611. The number of aliphatic hydroxyl groups is 1. The first-order valence-corrected chi connectivity index (χ1v) is 8.63. The molecule has 132 valence electrons. The second-order valence-corrected chi connectivity index (χ2v) is 6.64. The third-order valence-electron chi connectivity index (χ3n) is 5.17. The van der Waals surface area contributed by atoms with E-state index in [0.29, 0.717) is 24.7 Å². The third-order valence-corrected chi connectivity index (χ3v) is 5.17. The molecule has 2 aliphatic rings. The topological polar surface area (TPSA) is 53.0 Å². The number of rotatable bonds is 3. The highest BCUT2D eigenvalue weighted by atomic mass is 19.1. The number of hydrogen-bond donors (Lipinski definition) is 1. The lowest BCUT2D eigenvalue weighted by Gasteiger charge is -2.41. The number of halogens is 1. The second-order valence-electron chi connectivity index (χ2n) is 6.64. The Morgan fingerprint density at radius 3 is 2.46 bits per heavy atom. The molecule has 0 atom stereocenters. The van der Waals surface area contributed by atoms with Crippen LogP contribution in [0.5, 0.6) is 5.75 Å². The maximum atomic E-state index is 13.5. The largest absolute Gasteiger partial charge is 0.494 e. The van der Waals surface area contributed by atoms with Gasteiger partial charge in [0.2, 0.25) is 0 Å². The van der Waals surface area contributed by atoms with Gasteiger partial charge in [-0.1, -0.05) is 0 Å². The first-order chi connectivity index (χ1) is 11.6. The second kappa shape index (κ2) is 7.49. The summed E-state index contributed by atoms with van der Waals surface area (Å²) in [4.78, 5) is 16.9. The summed E-state index contributed by atoms with van der Waals surface area (Å²) in [7, 11) is 1.40. The monoisotopic (exact) mass is 336 g/mol. The summed E-state index contributed by atoms with van der Waals surface area (Å²) >= 11 is 0. The molecule has 0 aliphatic carbocycles. The van der Waals surface area contributed by atoms with Crippen LogP contribution in [0, 0.1) is 5.82 Å². The average molecular weight is 336 g/mol. The molecule has 1 aromatic carbocycles. The molecule has 0 spiro atoms. The molecule has 2 aliphatic heterocycles. The first kappa shape index (κ1) is 17.2. The Balaban J connectivity index is 1.57. The minimum Gasteiger partial charge on any atom is -0.494 e. The van der Waals surface area contributed by atoms with Crippen LogP contribution in [-0.2, 0) is 0 Å². The van der Waals surface area contributed by atoms with E-state index >= 15 is 0 Å². The van der Waals surface area contributed by atoms with Crippen LogP contribution in [0.1, 0.15) is 36.0 Å². The van der Waals surface area contributed by atoms with Crippen LogP contribution in [0.3, 0.4) is 0 Å². The standard InChI is InChI=1S/C18H25FN2O3/c1-24-17-12-13(2-3-16(17)19)18(23)21-8-4-14(5-9-21)20-10-6-15(22)7-11-20/h2-3,12,14-15,22H,4-11H2,1H3. The summed E-state index contributed by atoms with van der Waals surface area (Å²) in [6.45, 7) is 3.30. The Labute approximate surface area is 142 Å². The molecular formula is C18H25FN2O3. The highest BCUT2D eigenvalue weighted by molar-refractivity contribution is 5.94. The van der Waals surface area contributed by atoms with Gasteiger partial charge in [0, 0.05) is 37.8 Å². The summed E-state index contributed by atoms with van der Waals surface area (Å²) in [6.07, 6.45) is 3.42. The number of carbonyl (C=O) groups excluding carboxylic acids is 1. The van der Waals surface area contributed by atoms with Crippen molar-refractivity contribution in [1.82, 2.24) is 9.80 Å². The van der Waals surface area contributed by atoms with Crippen molar-refractivity contribution in [2.24, 2.45) is 0 Å². The van der Waals surface area contributed by atoms with Gasteiger partial charge in [0.1, 0.15) is 0 Å². The summed E-state index contributed by atoms with van der Waals surface area (Å²) in [5.74, 6) is -0.427. The van der Waals surface area contributed by atoms with Gasteiger partial charge in [0.05, 0.1) is 13.2 Å². The van der Waals surface area contributed by atoms with Gasteiger partial charge in [-0.15, -0.1) is 0 Å². The van der Waals surface area contributed by atoms with Crippen LogP contribution in [0.25, 0.3) is 0 Å². The van der Waals surface area contributed by atoms with Gasteiger partial charge in [-0.3, -0.25) is 4.79 Å².